The molecule has 0 spiro atoms. The van der Waals surface area contributed by atoms with Crippen molar-refractivity contribution in [1.29, 1.82) is 0 Å². The van der Waals surface area contributed by atoms with Gasteiger partial charge in [0, 0.05) is 11.1 Å². The second-order valence-corrected chi connectivity index (χ2v) is 4.93. The van der Waals surface area contributed by atoms with Crippen molar-refractivity contribution in [2.45, 2.75) is 44.4 Å². The van der Waals surface area contributed by atoms with Crippen molar-refractivity contribution in [3.8, 4) is 0 Å². The van der Waals surface area contributed by atoms with Crippen LogP contribution in [0.5, 0.6) is 0 Å². The molecule has 16 heavy (non-hydrogen) atoms. The third-order valence-electron chi connectivity index (χ3n) is 3.16. The van der Waals surface area contributed by atoms with Gasteiger partial charge in [-0.1, -0.05) is 29.8 Å². The van der Waals surface area contributed by atoms with Crippen LogP contribution in [0.3, 0.4) is 0 Å². The van der Waals surface area contributed by atoms with Crippen LogP contribution in [0.4, 0.5) is 0 Å². The van der Waals surface area contributed by atoms with E-state index in [1.807, 2.05) is 24.3 Å². The predicted octanol–water partition coefficient (Wildman–Crippen LogP) is 2.78. The normalized spacial score (nSPS) is 26.9. The first-order valence-corrected chi connectivity index (χ1v) is 6.19. The van der Waals surface area contributed by atoms with Gasteiger partial charge in [-0.05, 0) is 37.8 Å². The molecule has 1 aromatic carbocycles. The fraction of sp³-hybridized carbons (Fsp3) is 0.538. The lowest BCUT2D eigenvalue weighted by molar-refractivity contribution is 0.0404. The van der Waals surface area contributed by atoms with Crippen molar-refractivity contribution in [2.75, 3.05) is 0 Å². The molecule has 3 heteroatoms. The fourth-order valence-corrected chi connectivity index (χ4v) is 2.41. The summed E-state index contributed by atoms with van der Waals surface area (Å²) in [5.74, 6) is 0. The standard InChI is InChI=1S/C13H18ClNO/c1-9-6-7-13(16-9)12(15)8-10-4-2-3-5-11(10)14/h2-5,9,12-13H,6-8,15H2,1H3. The molecule has 1 heterocycles. The molecule has 1 aliphatic heterocycles. The summed E-state index contributed by atoms with van der Waals surface area (Å²) in [5, 5.41) is 0.795. The molecule has 1 fully saturated rings. The first-order chi connectivity index (χ1) is 7.66. The molecule has 0 radical (unpaired) electrons. The summed E-state index contributed by atoms with van der Waals surface area (Å²) < 4.78 is 5.77. The predicted molar refractivity (Wildman–Crippen MR) is 66.7 cm³/mol. The van der Waals surface area contributed by atoms with Crippen molar-refractivity contribution >= 4 is 11.6 Å². The van der Waals surface area contributed by atoms with E-state index in [1.165, 1.54) is 0 Å². The Kier molecular flexibility index (Phi) is 3.85. The zero-order valence-electron chi connectivity index (χ0n) is 9.53. The summed E-state index contributed by atoms with van der Waals surface area (Å²) >= 11 is 6.11. The Morgan fingerprint density at radius 3 is 2.81 bits per heavy atom. The van der Waals surface area contributed by atoms with Crippen molar-refractivity contribution in [1.82, 2.24) is 0 Å². The molecule has 1 saturated heterocycles. The summed E-state index contributed by atoms with van der Waals surface area (Å²) in [6, 6.07) is 7.91. The Hall–Kier alpha value is -0.570. The van der Waals surface area contributed by atoms with Crippen LogP contribution in [0.1, 0.15) is 25.3 Å². The molecular weight excluding hydrogens is 222 g/mol. The topological polar surface area (TPSA) is 35.2 Å². The molecule has 1 aromatic rings. The minimum absolute atomic E-state index is 0.0462. The minimum atomic E-state index is 0.0462. The summed E-state index contributed by atoms with van der Waals surface area (Å²) in [6.45, 7) is 2.10. The first kappa shape index (κ1) is 11.9. The van der Waals surface area contributed by atoms with Gasteiger partial charge in [-0.3, -0.25) is 0 Å². The van der Waals surface area contributed by atoms with Crippen LogP contribution < -0.4 is 5.73 Å². The minimum Gasteiger partial charge on any atom is -0.374 e. The maximum Gasteiger partial charge on any atom is 0.0733 e. The SMILES string of the molecule is CC1CCC(C(N)Cc2ccccc2Cl)O1. The summed E-state index contributed by atoms with van der Waals surface area (Å²) in [7, 11) is 0. The lowest BCUT2D eigenvalue weighted by atomic mass is 10.00. The molecule has 88 valence electrons. The lowest BCUT2D eigenvalue weighted by Crippen LogP contribution is -2.36. The van der Waals surface area contributed by atoms with Crippen molar-refractivity contribution < 1.29 is 4.74 Å². The highest BCUT2D eigenvalue weighted by Crippen LogP contribution is 2.24. The third kappa shape index (κ3) is 2.76. The monoisotopic (exact) mass is 239 g/mol. The van der Waals surface area contributed by atoms with Crippen molar-refractivity contribution in [2.24, 2.45) is 5.73 Å². The van der Waals surface area contributed by atoms with Gasteiger partial charge in [0.1, 0.15) is 0 Å². The van der Waals surface area contributed by atoms with Gasteiger partial charge < -0.3 is 10.5 Å². The summed E-state index contributed by atoms with van der Waals surface area (Å²) in [6.07, 6.45) is 3.50. The van der Waals surface area contributed by atoms with Gasteiger partial charge in [-0.15, -0.1) is 0 Å². The summed E-state index contributed by atoms with van der Waals surface area (Å²) in [5.41, 5.74) is 7.27. The van der Waals surface area contributed by atoms with E-state index in [9.17, 15) is 0 Å². The second kappa shape index (κ2) is 5.17. The van der Waals surface area contributed by atoms with Crippen LogP contribution in [0.15, 0.2) is 24.3 Å². The van der Waals surface area contributed by atoms with Crippen LogP contribution in [-0.2, 0) is 11.2 Å². The smallest absolute Gasteiger partial charge is 0.0733 e. The van der Waals surface area contributed by atoms with Crippen molar-refractivity contribution in [3.05, 3.63) is 34.9 Å². The maximum atomic E-state index is 6.16. The molecule has 0 amide bonds. The Balaban J connectivity index is 1.97. The van der Waals surface area contributed by atoms with Crippen molar-refractivity contribution in [3.63, 3.8) is 0 Å². The van der Waals surface area contributed by atoms with E-state index in [0.717, 1.165) is 29.8 Å². The average Bonchev–Trinajstić information content (AvgIpc) is 2.68. The largest absolute Gasteiger partial charge is 0.374 e. The quantitative estimate of drug-likeness (QED) is 0.881. The number of ether oxygens (including phenoxy) is 1. The molecule has 2 nitrogen and oxygen atoms in total. The Morgan fingerprint density at radius 1 is 1.44 bits per heavy atom. The van der Waals surface area contributed by atoms with Crippen LogP contribution in [0.25, 0.3) is 0 Å². The molecule has 2 rings (SSSR count). The molecule has 1 aliphatic rings. The van der Waals surface area contributed by atoms with E-state index in [0.29, 0.717) is 6.10 Å². The maximum absolute atomic E-state index is 6.16. The van der Waals surface area contributed by atoms with Crippen LogP contribution >= 0.6 is 11.6 Å². The third-order valence-corrected chi connectivity index (χ3v) is 3.52. The van der Waals surface area contributed by atoms with E-state index in [1.54, 1.807) is 0 Å². The van der Waals surface area contributed by atoms with Gasteiger partial charge >= 0.3 is 0 Å². The van der Waals surface area contributed by atoms with Gasteiger partial charge in [0.25, 0.3) is 0 Å². The van der Waals surface area contributed by atoms with Crippen LogP contribution in [-0.4, -0.2) is 18.2 Å². The van der Waals surface area contributed by atoms with Gasteiger partial charge in [-0.25, -0.2) is 0 Å². The van der Waals surface area contributed by atoms with Gasteiger partial charge in [0.2, 0.25) is 0 Å². The number of halogens is 1. The molecule has 0 saturated carbocycles. The number of rotatable bonds is 3. The van der Waals surface area contributed by atoms with Gasteiger partial charge in [0.15, 0.2) is 0 Å². The Labute approximate surface area is 102 Å². The van der Waals surface area contributed by atoms with E-state index < -0.39 is 0 Å². The number of hydrogen-bond donors (Lipinski definition) is 1. The zero-order chi connectivity index (χ0) is 11.5. The average molecular weight is 240 g/mol. The van der Waals surface area contributed by atoms with Gasteiger partial charge in [-0.2, -0.15) is 0 Å². The van der Waals surface area contributed by atoms with Crippen LogP contribution in [0, 0.1) is 0 Å². The fourth-order valence-electron chi connectivity index (χ4n) is 2.20. The molecule has 3 unspecified atom stereocenters. The Morgan fingerprint density at radius 2 is 2.19 bits per heavy atom. The van der Waals surface area contributed by atoms with Gasteiger partial charge in [0.05, 0.1) is 12.2 Å². The highest BCUT2D eigenvalue weighted by molar-refractivity contribution is 6.31. The lowest BCUT2D eigenvalue weighted by Gasteiger charge is -2.19. The van der Waals surface area contributed by atoms with Crippen LogP contribution in [0.2, 0.25) is 5.02 Å². The molecule has 0 aromatic heterocycles. The Bertz CT molecular complexity index is 356. The van der Waals surface area contributed by atoms with E-state index >= 15 is 0 Å². The first-order valence-electron chi connectivity index (χ1n) is 5.81. The number of benzene rings is 1. The molecule has 0 aliphatic carbocycles. The van der Waals surface area contributed by atoms with E-state index in [4.69, 9.17) is 22.1 Å². The molecular formula is C13H18ClNO. The number of nitrogens with two attached hydrogens (primary N) is 1. The highest BCUT2D eigenvalue weighted by Gasteiger charge is 2.27. The summed E-state index contributed by atoms with van der Waals surface area (Å²) in [4.78, 5) is 0. The molecule has 0 bridgehead atoms. The molecule has 2 N–H and O–H groups in total. The van der Waals surface area contributed by atoms with E-state index in [2.05, 4.69) is 6.92 Å². The van der Waals surface area contributed by atoms with E-state index in [-0.39, 0.29) is 12.1 Å². The number of hydrogen-bond acceptors (Lipinski definition) is 2. The highest BCUT2D eigenvalue weighted by atomic mass is 35.5. The zero-order valence-corrected chi connectivity index (χ0v) is 10.3. The molecule has 3 atom stereocenters. The second-order valence-electron chi connectivity index (χ2n) is 4.52.